The van der Waals surface area contributed by atoms with Crippen LogP contribution < -0.4 is 15.8 Å². The predicted molar refractivity (Wildman–Crippen MR) is 83.1 cm³/mol. The molecule has 1 aromatic carbocycles. The molecule has 3 N–H and O–H groups in total. The number of carbonyl (C=O) groups is 2. The Bertz CT molecular complexity index is 692. The van der Waals surface area contributed by atoms with Crippen LogP contribution >= 0.6 is 23.4 Å². The Morgan fingerprint density at radius 2 is 2.09 bits per heavy atom. The molecule has 2 aromatic rings. The second-order valence-electron chi connectivity index (χ2n) is 4.32. The normalized spacial score (nSPS) is 11.7. The lowest BCUT2D eigenvalue weighted by Gasteiger charge is -2.06. The second-order valence-corrected chi connectivity index (χ2v) is 6.05. The predicted octanol–water partition coefficient (Wildman–Crippen LogP) is 1.98. The molecule has 0 fully saturated rings. The van der Waals surface area contributed by atoms with Crippen molar-refractivity contribution in [3.05, 3.63) is 35.2 Å². The molecule has 10 heteroatoms. The topological polar surface area (TPSA) is 120 Å². The number of aromatic nitrogens is 2. The summed E-state index contributed by atoms with van der Waals surface area (Å²) in [6.07, 6.45) is 0. The summed E-state index contributed by atoms with van der Waals surface area (Å²) in [6, 6.07) is 5.91. The van der Waals surface area contributed by atoms with Crippen molar-refractivity contribution in [1.29, 1.82) is 0 Å². The first kappa shape index (κ1) is 17.1. The van der Waals surface area contributed by atoms with Gasteiger partial charge in [0, 0.05) is 5.02 Å². The molecule has 1 aromatic heterocycles. The Balaban J connectivity index is 1.86. The minimum Gasteiger partial charge on any atom is -0.484 e. The third-order valence-electron chi connectivity index (χ3n) is 2.52. The van der Waals surface area contributed by atoms with E-state index in [-0.39, 0.29) is 17.7 Å². The van der Waals surface area contributed by atoms with Crippen LogP contribution in [0.3, 0.4) is 0 Å². The van der Waals surface area contributed by atoms with Crippen LogP contribution in [0, 0.1) is 0 Å². The van der Waals surface area contributed by atoms with Gasteiger partial charge >= 0.3 is 6.03 Å². The summed E-state index contributed by atoms with van der Waals surface area (Å²) in [7, 11) is 0. The molecule has 0 saturated heterocycles. The molecule has 0 aliphatic rings. The van der Waals surface area contributed by atoms with Crippen LogP contribution in [0.4, 0.5) is 4.79 Å². The van der Waals surface area contributed by atoms with Gasteiger partial charge in [-0.25, -0.2) is 4.79 Å². The van der Waals surface area contributed by atoms with E-state index in [1.807, 2.05) is 5.32 Å². The maximum atomic E-state index is 11.5. The molecule has 3 amide bonds. The molecular formula is C13H13ClN4O4S. The number of nitrogens with zero attached hydrogens (tertiary/aromatic N) is 2. The molecule has 0 aliphatic carbocycles. The molecule has 0 bridgehead atoms. The van der Waals surface area contributed by atoms with E-state index in [1.165, 1.54) is 0 Å². The lowest BCUT2D eigenvalue weighted by Crippen LogP contribution is -2.39. The number of benzene rings is 1. The van der Waals surface area contributed by atoms with E-state index in [9.17, 15) is 9.59 Å². The molecule has 0 saturated carbocycles. The third-order valence-corrected chi connectivity index (χ3v) is 3.70. The third kappa shape index (κ3) is 5.46. The summed E-state index contributed by atoms with van der Waals surface area (Å²) in [6.45, 7) is 1.66. The van der Waals surface area contributed by atoms with Gasteiger partial charge in [0.15, 0.2) is 6.61 Å². The smallest absolute Gasteiger partial charge is 0.318 e. The van der Waals surface area contributed by atoms with Crippen LogP contribution in [0.15, 0.2) is 33.9 Å². The number of hydrogen-bond acceptors (Lipinski definition) is 7. The quantitative estimate of drug-likeness (QED) is 0.759. The SMILES string of the molecule is C[C@H](Sc1nnc(COc2ccc(Cl)cc2)o1)C(=O)NC(N)=O. The number of ether oxygens (including phenoxy) is 1. The summed E-state index contributed by atoms with van der Waals surface area (Å²) in [5.74, 6) is 0.320. The highest BCUT2D eigenvalue weighted by molar-refractivity contribution is 8.00. The zero-order valence-corrected chi connectivity index (χ0v) is 13.6. The van der Waals surface area contributed by atoms with Crippen LogP contribution in [-0.2, 0) is 11.4 Å². The largest absolute Gasteiger partial charge is 0.484 e. The van der Waals surface area contributed by atoms with Gasteiger partial charge in [-0.3, -0.25) is 10.1 Å². The molecule has 2 rings (SSSR count). The highest BCUT2D eigenvalue weighted by Gasteiger charge is 2.19. The Kier molecular flexibility index (Phi) is 5.83. The first-order valence-corrected chi connectivity index (χ1v) is 7.67. The first-order valence-electron chi connectivity index (χ1n) is 6.41. The molecule has 8 nitrogen and oxygen atoms in total. The number of amides is 3. The van der Waals surface area contributed by atoms with Crippen LogP contribution in [0.1, 0.15) is 12.8 Å². The molecule has 0 radical (unpaired) electrons. The van der Waals surface area contributed by atoms with Crippen molar-refractivity contribution in [3.8, 4) is 5.75 Å². The van der Waals surface area contributed by atoms with Crippen LogP contribution in [-0.4, -0.2) is 27.4 Å². The second kappa shape index (κ2) is 7.84. The number of rotatable bonds is 6. The Morgan fingerprint density at radius 3 is 2.74 bits per heavy atom. The van der Waals surface area contributed by atoms with Crippen molar-refractivity contribution in [2.45, 2.75) is 24.0 Å². The molecular weight excluding hydrogens is 344 g/mol. The number of thioether (sulfide) groups is 1. The zero-order chi connectivity index (χ0) is 16.8. The van der Waals surface area contributed by atoms with Gasteiger partial charge in [-0.1, -0.05) is 23.4 Å². The number of urea groups is 1. The van der Waals surface area contributed by atoms with Crippen LogP contribution in [0.5, 0.6) is 5.75 Å². The Morgan fingerprint density at radius 1 is 1.39 bits per heavy atom. The van der Waals surface area contributed by atoms with Crippen molar-refractivity contribution < 1.29 is 18.7 Å². The van der Waals surface area contributed by atoms with Gasteiger partial charge in [-0.15, -0.1) is 10.2 Å². The van der Waals surface area contributed by atoms with E-state index in [0.717, 1.165) is 11.8 Å². The Hall–Kier alpha value is -2.26. The Labute approximate surface area is 140 Å². The molecule has 23 heavy (non-hydrogen) atoms. The van der Waals surface area contributed by atoms with E-state index in [1.54, 1.807) is 31.2 Å². The monoisotopic (exact) mass is 356 g/mol. The van der Waals surface area contributed by atoms with E-state index in [4.69, 9.17) is 26.5 Å². The van der Waals surface area contributed by atoms with Gasteiger partial charge in [0.05, 0.1) is 5.25 Å². The van der Waals surface area contributed by atoms with Gasteiger partial charge in [-0.05, 0) is 31.2 Å². The van der Waals surface area contributed by atoms with Crippen molar-refractivity contribution in [1.82, 2.24) is 15.5 Å². The summed E-state index contributed by atoms with van der Waals surface area (Å²) < 4.78 is 10.8. The molecule has 0 spiro atoms. The maximum absolute atomic E-state index is 11.5. The average Bonchev–Trinajstić information content (AvgIpc) is 2.93. The molecule has 0 aliphatic heterocycles. The van der Waals surface area contributed by atoms with E-state index in [2.05, 4.69) is 10.2 Å². The summed E-state index contributed by atoms with van der Waals surface area (Å²) in [5.41, 5.74) is 4.88. The number of nitrogens with two attached hydrogens (primary N) is 1. The fourth-order valence-corrected chi connectivity index (χ4v) is 2.27. The van der Waals surface area contributed by atoms with Gasteiger partial charge in [0.25, 0.3) is 11.1 Å². The van der Waals surface area contributed by atoms with Crippen molar-refractivity contribution in [2.75, 3.05) is 0 Å². The minimum atomic E-state index is -0.912. The minimum absolute atomic E-state index is 0.0804. The lowest BCUT2D eigenvalue weighted by molar-refractivity contribution is -0.119. The van der Waals surface area contributed by atoms with Crippen molar-refractivity contribution in [3.63, 3.8) is 0 Å². The molecule has 0 unspecified atom stereocenters. The number of hydrogen-bond donors (Lipinski definition) is 2. The standard InChI is InChI=1S/C13H13ClN4O4S/c1-7(11(19)16-12(15)20)23-13-18-17-10(22-13)6-21-9-4-2-8(14)3-5-9/h2-5,7H,6H2,1H3,(H3,15,16,19,20)/t7-/m0/s1. The molecule has 1 atom stereocenters. The van der Waals surface area contributed by atoms with E-state index in [0.29, 0.717) is 10.8 Å². The maximum Gasteiger partial charge on any atom is 0.318 e. The fourth-order valence-electron chi connectivity index (χ4n) is 1.45. The van der Waals surface area contributed by atoms with Crippen molar-refractivity contribution >= 4 is 35.3 Å². The number of imide groups is 1. The number of primary amides is 1. The number of carbonyl (C=O) groups excluding carboxylic acids is 2. The van der Waals surface area contributed by atoms with Gasteiger partial charge < -0.3 is 14.9 Å². The highest BCUT2D eigenvalue weighted by Crippen LogP contribution is 2.22. The number of halogens is 1. The van der Waals surface area contributed by atoms with Gasteiger partial charge in [0.1, 0.15) is 5.75 Å². The van der Waals surface area contributed by atoms with E-state index < -0.39 is 17.2 Å². The zero-order valence-electron chi connectivity index (χ0n) is 12.0. The summed E-state index contributed by atoms with van der Waals surface area (Å²) >= 11 is 6.78. The van der Waals surface area contributed by atoms with Crippen LogP contribution in [0.2, 0.25) is 5.02 Å². The number of nitrogens with one attached hydrogen (secondary N) is 1. The van der Waals surface area contributed by atoms with E-state index >= 15 is 0 Å². The fraction of sp³-hybridized carbons (Fsp3) is 0.231. The highest BCUT2D eigenvalue weighted by atomic mass is 35.5. The van der Waals surface area contributed by atoms with Crippen molar-refractivity contribution in [2.24, 2.45) is 5.73 Å². The van der Waals surface area contributed by atoms with Crippen LogP contribution in [0.25, 0.3) is 0 Å². The van der Waals surface area contributed by atoms with Gasteiger partial charge in [0.2, 0.25) is 5.91 Å². The summed E-state index contributed by atoms with van der Waals surface area (Å²) in [5, 5.41) is 9.76. The van der Waals surface area contributed by atoms with Gasteiger partial charge in [-0.2, -0.15) is 0 Å². The first-order chi connectivity index (χ1) is 10.9. The average molecular weight is 357 g/mol. The summed E-state index contributed by atoms with van der Waals surface area (Å²) in [4.78, 5) is 22.2. The lowest BCUT2D eigenvalue weighted by atomic mass is 10.3. The molecule has 122 valence electrons. The molecule has 1 heterocycles.